The van der Waals surface area contributed by atoms with Crippen molar-refractivity contribution in [3.63, 3.8) is 0 Å². The van der Waals surface area contributed by atoms with E-state index in [4.69, 9.17) is 0 Å². The number of fused-ring (bicyclic) bond motifs is 1. The SMILES string of the molecule is CC(=O)C(C1=C(N(C)C)C(=O)c2ccccc2C1=O)c1ccc(F)c(F)c1. The number of ketones is 3. The van der Waals surface area contributed by atoms with Crippen LogP contribution in [-0.2, 0) is 4.79 Å². The summed E-state index contributed by atoms with van der Waals surface area (Å²) in [6.45, 7) is 1.25. The van der Waals surface area contributed by atoms with Crippen LogP contribution in [-0.4, -0.2) is 36.3 Å². The van der Waals surface area contributed by atoms with Gasteiger partial charge in [-0.15, -0.1) is 0 Å². The zero-order valence-electron chi connectivity index (χ0n) is 15.0. The van der Waals surface area contributed by atoms with Crippen LogP contribution in [0.25, 0.3) is 0 Å². The van der Waals surface area contributed by atoms with Gasteiger partial charge in [0, 0.05) is 30.8 Å². The fourth-order valence-corrected chi connectivity index (χ4v) is 3.39. The van der Waals surface area contributed by atoms with E-state index in [1.54, 1.807) is 32.3 Å². The van der Waals surface area contributed by atoms with Crippen LogP contribution >= 0.6 is 0 Å². The first-order valence-electron chi connectivity index (χ1n) is 8.29. The molecule has 27 heavy (non-hydrogen) atoms. The predicted molar refractivity (Wildman–Crippen MR) is 95.6 cm³/mol. The number of hydrogen-bond acceptors (Lipinski definition) is 4. The van der Waals surface area contributed by atoms with E-state index in [0.717, 1.165) is 12.1 Å². The summed E-state index contributed by atoms with van der Waals surface area (Å²) in [5.41, 5.74) is 0.613. The fourth-order valence-electron chi connectivity index (χ4n) is 3.39. The molecule has 138 valence electrons. The normalized spacial score (nSPS) is 14.9. The molecule has 0 amide bonds. The second kappa shape index (κ2) is 6.87. The molecule has 1 unspecified atom stereocenters. The van der Waals surface area contributed by atoms with Crippen LogP contribution in [0.5, 0.6) is 0 Å². The van der Waals surface area contributed by atoms with Gasteiger partial charge in [0.15, 0.2) is 17.4 Å². The van der Waals surface area contributed by atoms with Crippen LogP contribution in [0.3, 0.4) is 0 Å². The lowest BCUT2D eigenvalue weighted by Crippen LogP contribution is -2.33. The Kier molecular flexibility index (Phi) is 4.74. The lowest BCUT2D eigenvalue weighted by Gasteiger charge is -2.29. The molecule has 4 nitrogen and oxygen atoms in total. The summed E-state index contributed by atoms with van der Waals surface area (Å²) in [5, 5.41) is 0. The molecule has 0 bridgehead atoms. The molecular weight excluding hydrogens is 352 g/mol. The molecule has 6 heteroatoms. The molecule has 0 saturated heterocycles. The Morgan fingerprint density at radius 3 is 2.04 bits per heavy atom. The van der Waals surface area contributed by atoms with Gasteiger partial charge in [-0.2, -0.15) is 0 Å². The third-order valence-corrected chi connectivity index (χ3v) is 4.55. The standard InChI is InChI=1S/C21H17F2NO3/c1-11(25)17(12-8-9-15(22)16(23)10-12)18-19(24(2)3)21(27)14-7-5-4-6-13(14)20(18)26/h4-10,17H,1-3H3. The molecule has 2 aromatic carbocycles. The van der Waals surface area contributed by atoms with Gasteiger partial charge in [-0.1, -0.05) is 30.3 Å². The van der Waals surface area contributed by atoms with Gasteiger partial charge < -0.3 is 4.90 Å². The van der Waals surface area contributed by atoms with Gasteiger partial charge in [0.1, 0.15) is 5.78 Å². The highest BCUT2D eigenvalue weighted by atomic mass is 19.2. The number of likely N-dealkylation sites (N-methyl/N-ethyl adjacent to an activating group) is 1. The van der Waals surface area contributed by atoms with Gasteiger partial charge in [-0.25, -0.2) is 8.78 Å². The number of allylic oxidation sites excluding steroid dienone is 2. The Bertz CT molecular complexity index is 1010. The smallest absolute Gasteiger partial charge is 0.210 e. The van der Waals surface area contributed by atoms with Crippen molar-refractivity contribution in [2.24, 2.45) is 0 Å². The largest absolute Gasteiger partial charge is 0.374 e. The van der Waals surface area contributed by atoms with E-state index in [2.05, 4.69) is 0 Å². The van der Waals surface area contributed by atoms with Crippen molar-refractivity contribution in [2.45, 2.75) is 12.8 Å². The maximum atomic E-state index is 13.8. The molecular formula is C21H17F2NO3. The third-order valence-electron chi connectivity index (χ3n) is 4.55. The molecule has 1 atom stereocenters. The van der Waals surface area contributed by atoms with Crippen molar-refractivity contribution in [1.82, 2.24) is 4.90 Å². The summed E-state index contributed by atoms with van der Waals surface area (Å²) in [6, 6.07) is 9.39. The molecule has 0 spiro atoms. The van der Waals surface area contributed by atoms with Crippen LogP contribution < -0.4 is 0 Å². The Hall–Kier alpha value is -3.15. The van der Waals surface area contributed by atoms with Crippen LogP contribution in [0.1, 0.15) is 39.1 Å². The average molecular weight is 369 g/mol. The maximum Gasteiger partial charge on any atom is 0.210 e. The molecule has 0 saturated carbocycles. The number of carbonyl (C=O) groups excluding carboxylic acids is 3. The van der Waals surface area contributed by atoms with Gasteiger partial charge in [0.2, 0.25) is 5.78 Å². The van der Waals surface area contributed by atoms with Crippen molar-refractivity contribution in [2.75, 3.05) is 14.1 Å². The molecule has 0 radical (unpaired) electrons. The summed E-state index contributed by atoms with van der Waals surface area (Å²) in [4.78, 5) is 40.1. The average Bonchev–Trinajstić information content (AvgIpc) is 2.62. The number of benzene rings is 2. The molecule has 0 heterocycles. The Balaban J connectivity index is 2.30. The Morgan fingerprint density at radius 2 is 1.52 bits per heavy atom. The monoisotopic (exact) mass is 369 g/mol. The number of hydrogen-bond donors (Lipinski definition) is 0. The highest BCUT2D eigenvalue weighted by molar-refractivity contribution is 6.28. The fraction of sp³-hybridized carbons (Fsp3) is 0.190. The molecule has 3 rings (SSSR count). The second-order valence-corrected chi connectivity index (χ2v) is 6.58. The number of carbonyl (C=O) groups is 3. The molecule has 0 aliphatic heterocycles. The van der Waals surface area contributed by atoms with Crippen LogP contribution in [0.4, 0.5) is 8.78 Å². The molecule has 0 N–H and O–H groups in total. The number of rotatable bonds is 4. The quantitative estimate of drug-likeness (QED) is 0.827. The predicted octanol–water partition coefficient (Wildman–Crippen LogP) is 3.53. The van der Waals surface area contributed by atoms with Crippen molar-refractivity contribution in [3.05, 3.63) is 82.1 Å². The van der Waals surface area contributed by atoms with E-state index in [1.807, 2.05) is 0 Å². The summed E-state index contributed by atoms with van der Waals surface area (Å²) in [6.07, 6.45) is 0. The van der Waals surface area contributed by atoms with Gasteiger partial charge >= 0.3 is 0 Å². The minimum Gasteiger partial charge on any atom is -0.374 e. The van der Waals surface area contributed by atoms with Gasteiger partial charge in [-0.3, -0.25) is 14.4 Å². The minimum atomic E-state index is -1.18. The third kappa shape index (κ3) is 3.07. The van der Waals surface area contributed by atoms with Crippen molar-refractivity contribution in [3.8, 4) is 0 Å². The maximum absolute atomic E-state index is 13.8. The first-order valence-corrected chi connectivity index (χ1v) is 8.29. The molecule has 1 aliphatic carbocycles. The molecule has 2 aromatic rings. The van der Waals surface area contributed by atoms with Gasteiger partial charge in [0.05, 0.1) is 11.6 Å². The first kappa shape index (κ1) is 18.6. The summed E-state index contributed by atoms with van der Waals surface area (Å²) in [7, 11) is 3.19. The number of Topliss-reactive ketones (excluding diaryl/α,β-unsaturated/α-hetero) is 3. The van der Waals surface area contributed by atoms with Crippen molar-refractivity contribution in [1.29, 1.82) is 0 Å². The van der Waals surface area contributed by atoms with E-state index < -0.39 is 29.1 Å². The van der Waals surface area contributed by atoms with E-state index in [0.29, 0.717) is 0 Å². The van der Waals surface area contributed by atoms with Crippen LogP contribution in [0, 0.1) is 11.6 Å². The Morgan fingerprint density at radius 1 is 0.926 bits per heavy atom. The number of nitrogens with zero attached hydrogens (tertiary/aromatic N) is 1. The van der Waals surface area contributed by atoms with Crippen LogP contribution in [0.15, 0.2) is 53.7 Å². The molecule has 1 aliphatic rings. The summed E-state index contributed by atoms with van der Waals surface area (Å²) < 4.78 is 27.1. The highest BCUT2D eigenvalue weighted by Crippen LogP contribution is 2.37. The molecule has 0 fully saturated rings. The Labute approximate surface area is 155 Å². The van der Waals surface area contributed by atoms with Crippen molar-refractivity contribution < 1.29 is 23.2 Å². The van der Waals surface area contributed by atoms with Gasteiger partial charge in [-0.05, 0) is 24.6 Å². The first-order chi connectivity index (χ1) is 12.7. The summed E-state index contributed by atoms with van der Waals surface area (Å²) >= 11 is 0. The van der Waals surface area contributed by atoms with Gasteiger partial charge in [0.25, 0.3) is 0 Å². The second-order valence-electron chi connectivity index (χ2n) is 6.58. The zero-order valence-corrected chi connectivity index (χ0v) is 15.0. The van der Waals surface area contributed by atoms with E-state index in [9.17, 15) is 23.2 Å². The number of halogens is 2. The zero-order chi connectivity index (χ0) is 19.9. The van der Waals surface area contributed by atoms with Crippen molar-refractivity contribution >= 4 is 17.3 Å². The lowest BCUT2D eigenvalue weighted by atomic mass is 9.77. The molecule has 0 aromatic heterocycles. The highest BCUT2D eigenvalue weighted by Gasteiger charge is 2.39. The minimum absolute atomic E-state index is 0.0257. The lowest BCUT2D eigenvalue weighted by molar-refractivity contribution is -0.117. The van der Waals surface area contributed by atoms with Crippen LogP contribution in [0.2, 0.25) is 0 Å². The topological polar surface area (TPSA) is 54.5 Å². The van der Waals surface area contributed by atoms with E-state index in [1.165, 1.54) is 24.0 Å². The van der Waals surface area contributed by atoms with E-state index >= 15 is 0 Å². The van der Waals surface area contributed by atoms with E-state index in [-0.39, 0.29) is 33.7 Å². The summed E-state index contributed by atoms with van der Waals surface area (Å²) in [5.74, 6) is -4.67.